The molecule has 0 aliphatic heterocycles. The van der Waals surface area contributed by atoms with E-state index < -0.39 is 69.0 Å². The summed E-state index contributed by atoms with van der Waals surface area (Å²) in [5.41, 5.74) is -8.21. The van der Waals surface area contributed by atoms with E-state index in [4.69, 9.17) is 16.7 Å². The number of carbonyl (C=O) groups is 2. The average molecular weight is 453 g/mol. The molecule has 0 saturated heterocycles. The number of aliphatic carboxylic acids is 2. The fourth-order valence-electron chi connectivity index (χ4n) is 2.84. The monoisotopic (exact) mass is 452 g/mol. The number of nitrogens with zero attached hydrogens (tertiary/aromatic N) is 2. The van der Waals surface area contributed by atoms with Gasteiger partial charge >= 0.3 is 23.8 Å². The van der Waals surface area contributed by atoms with Crippen molar-refractivity contribution in [1.29, 1.82) is 0 Å². The molecule has 0 bridgehead atoms. The van der Waals surface area contributed by atoms with Gasteiger partial charge in [0.05, 0.1) is 12.1 Å². The van der Waals surface area contributed by atoms with Crippen LogP contribution in [0.2, 0.25) is 5.02 Å². The molecule has 1 unspecified atom stereocenters. The third kappa shape index (κ3) is 3.95. The highest BCUT2D eigenvalue weighted by molar-refractivity contribution is 6.31. The van der Waals surface area contributed by atoms with Gasteiger partial charge in [-0.1, -0.05) is 11.6 Å². The standard InChI is InChI=1S/C17H13ClF4N2O6/c1-16(14(28)29,6-13(26)27)7-3-10(9(19)4-8(7)18)24-12(25)5-11(17(20,21)22)23(2)15(24)30/h3-5H,6H2,1-2H3,(H,26,27)(H,28,29). The molecule has 8 nitrogen and oxygen atoms in total. The van der Waals surface area contributed by atoms with E-state index in [1.165, 1.54) is 0 Å². The van der Waals surface area contributed by atoms with E-state index in [-0.39, 0.29) is 15.2 Å². The van der Waals surface area contributed by atoms with Crippen LogP contribution in [0.1, 0.15) is 24.6 Å². The Labute approximate surface area is 169 Å². The Morgan fingerprint density at radius 1 is 1.13 bits per heavy atom. The molecule has 0 radical (unpaired) electrons. The Hall–Kier alpha value is -3.15. The minimum Gasteiger partial charge on any atom is -0.481 e. The number of benzene rings is 1. The summed E-state index contributed by atoms with van der Waals surface area (Å²) < 4.78 is 53.6. The number of aromatic nitrogens is 2. The Morgan fingerprint density at radius 3 is 2.17 bits per heavy atom. The molecular formula is C17H13ClF4N2O6. The fraction of sp³-hybridized carbons (Fsp3) is 0.294. The van der Waals surface area contributed by atoms with Gasteiger partial charge in [-0.2, -0.15) is 13.2 Å². The number of hydrogen-bond donors (Lipinski definition) is 2. The number of halogens is 5. The van der Waals surface area contributed by atoms with Gasteiger partial charge in [0.2, 0.25) is 0 Å². The number of hydrogen-bond acceptors (Lipinski definition) is 4. The van der Waals surface area contributed by atoms with Gasteiger partial charge < -0.3 is 10.2 Å². The first-order chi connectivity index (χ1) is 13.6. The average Bonchev–Trinajstić information content (AvgIpc) is 2.57. The molecule has 1 atom stereocenters. The molecule has 162 valence electrons. The first kappa shape index (κ1) is 23.1. The van der Waals surface area contributed by atoms with E-state index in [9.17, 15) is 41.8 Å². The van der Waals surface area contributed by atoms with Crippen LogP contribution in [0, 0.1) is 5.82 Å². The van der Waals surface area contributed by atoms with Crippen molar-refractivity contribution in [3.8, 4) is 5.69 Å². The number of alkyl halides is 3. The minimum atomic E-state index is -5.04. The number of carboxylic acid groups (broad SMARTS) is 2. The summed E-state index contributed by atoms with van der Waals surface area (Å²) in [5, 5.41) is 18.0. The maximum absolute atomic E-state index is 14.5. The molecule has 2 N–H and O–H groups in total. The van der Waals surface area contributed by atoms with Crippen LogP contribution >= 0.6 is 11.6 Å². The zero-order valence-electron chi connectivity index (χ0n) is 15.3. The third-order valence-electron chi connectivity index (χ3n) is 4.46. The number of rotatable bonds is 5. The van der Waals surface area contributed by atoms with Crippen LogP contribution in [0.5, 0.6) is 0 Å². The SMILES string of the molecule is Cn1c(C(F)(F)F)cc(=O)n(-c2cc(C(C)(CC(=O)O)C(=O)O)c(Cl)cc2F)c1=O. The largest absolute Gasteiger partial charge is 0.481 e. The highest BCUT2D eigenvalue weighted by atomic mass is 35.5. The zero-order valence-corrected chi connectivity index (χ0v) is 16.0. The summed E-state index contributed by atoms with van der Waals surface area (Å²) in [4.78, 5) is 47.4. The molecule has 1 heterocycles. The van der Waals surface area contributed by atoms with E-state index >= 15 is 0 Å². The van der Waals surface area contributed by atoms with Gasteiger partial charge in [-0.15, -0.1) is 0 Å². The molecule has 0 aliphatic carbocycles. The fourth-order valence-corrected chi connectivity index (χ4v) is 3.20. The predicted molar refractivity (Wildman–Crippen MR) is 94.5 cm³/mol. The van der Waals surface area contributed by atoms with E-state index in [0.717, 1.165) is 6.92 Å². The van der Waals surface area contributed by atoms with Crippen LogP contribution in [0.3, 0.4) is 0 Å². The van der Waals surface area contributed by atoms with Gasteiger partial charge in [0.1, 0.15) is 16.9 Å². The van der Waals surface area contributed by atoms with Crippen LogP contribution in [0.25, 0.3) is 5.69 Å². The van der Waals surface area contributed by atoms with Gasteiger partial charge in [0.15, 0.2) is 0 Å². The highest BCUT2D eigenvalue weighted by Crippen LogP contribution is 2.36. The Kier molecular flexibility index (Phi) is 5.86. The second kappa shape index (κ2) is 7.59. The molecular weight excluding hydrogens is 440 g/mol. The van der Waals surface area contributed by atoms with Gasteiger partial charge in [-0.05, 0) is 24.6 Å². The zero-order chi connectivity index (χ0) is 23.2. The molecule has 0 saturated carbocycles. The molecule has 2 rings (SSSR count). The van der Waals surface area contributed by atoms with Gasteiger partial charge in [-0.3, -0.25) is 19.0 Å². The van der Waals surface area contributed by atoms with Crippen molar-refractivity contribution in [2.45, 2.75) is 24.9 Å². The van der Waals surface area contributed by atoms with Crippen molar-refractivity contribution in [3.63, 3.8) is 0 Å². The minimum absolute atomic E-state index is 0.0629. The Morgan fingerprint density at radius 2 is 1.70 bits per heavy atom. The molecule has 2 aromatic rings. The topological polar surface area (TPSA) is 119 Å². The molecule has 0 spiro atoms. The third-order valence-corrected chi connectivity index (χ3v) is 4.77. The van der Waals surface area contributed by atoms with Crippen molar-refractivity contribution in [2.75, 3.05) is 0 Å². The van der Waals surface area contributed by atoms with Crippen LogP contribution in [0.15, 0.2) is 27.8 Å². The van der Waals surface area contributed by atoms with Crippen molar-refractivity contribution in [3.05, 3.63) is 61.1 Å². The quantitative estimate of drug-likeness (QED) is 0.671. The lowest BCUT2D eigenvalue weighted by molar-refractivity contribution is -0.149. The van der Waals surface area contributed by atoms with Crippen LogP contribution in [-0.4, -0.2) is 31.3 Å². The maximum Gasteiger partial charge on any atom is 0.431 e. The summed E-state index contributed by atoms with van der Waals surface area (Å²) >= 11 is 5.88. The normalized spacial score (nSPS) is 13.7. The Bertz CT molecular complexity index is 1170. The molecule has 0 amide bonds. The van der Waals surface area contributed by atoms with Crippen molar-refractivity contribution in [2.24, 2.45) is 7.05 Å². The molecule has 0 aliphatic rings. The van der Waals surface area contributed by atoms with Gasteiger partial charge in [0.25, 0.3) is 5.56 Å². The first-order valence-corrected chi connectivity index (χ1v) is 8.34. The second-order valence-corrected chi connectivity index (χ2v) is 6.94. The summed E-state index contributed by atoms with van der Waals surface area (Å²) in [6.07, 6.45) is -6.04. The van der Waals surface area contributed by atoms with E-state index in [1.807, 2.05) is 0 Å². The first-order valence-electron chi connectivity index (χ1n) is 7.96. The van der Waals surface area contributed by atoms with Crippen LogP contribution in [0.4, 0.5) is 17.6 Å². The maximum atomic E-state index is 14.5. The smallest absolute Gasteiger partial charge is 0.431 e. The van der Waals surface area contributed by atoms with Gasteiger partial charge in [0, 0.05) is 18.1 Å². The second-order valence-electron chi connectivity index (χ2n) is 6.53. The lowest BCUT2D eigenvalue weighted by Gasteiger charge is -2.25. The molecule has 30 heavy (non-hydrogen) atoms. The summed E-state index contributed by atoms with van der Waals surface area (Å²) in [6.45, 7) is 0.972. The summed E-state index contributed by atoms with van der Waals surface area (Å²) in [5.74, 6) is -4.51. The molecule has 1 aromatic carbocycles. The number of carboxylic acids is 2. The van der Waals surface area contributed by atoms with Gasteiger partial charge in [-0.25, -0.2) is 13.8 Å². The van der Waals surface area contributed by atoms with Crippen molar-refractivity contribution >= 4 is 23.5 Å². The van der Waals surface area contributed by atoms with E-state index in [1.54, 1.807) is 0 Å². The highest BCUT2D eigenvalue weighted by Gasteiger charge is 2.40. The van der Waals surface area contributed by atoms with Crippen molar-refractivity contribution in [1.82, 2.24) is 9.13 Å². The van der Waals surface area contributed by atoms with E-state index in [0.29, 0.717) is 19.2 Å². The molecule has 1 aromatic heterocycles. The Balaban J connectivity index is 2.90. The summed E-state index contributed by atoms with van der Waals surface area (Å²) in [6, 6.07) is 1.27. The van der Waals surface area contributed by atoms with Crippen LogP contribution in [-0.2, 0) is 28.2 Å². The lowest BCUT2D eigenvalue weighted by Crippen LogP contribution is -2.41. The molecule has 0 fully saturated rings. The lowest BCUT2D eigenvalue weighted by atomic mass is 9.79. The van der Waals surface area contributed by atoms with Crippen molar-refractivity contribution < 1.29 is 37.4 Å². The van der Waals surface area contributed by atoms with Crippen LogP contribution < -0.4 is 11.2 Å². The van der Waals surface area contributed by atoms with E-state index in [2.05, 4.69) is 0 Å². The predicted octanol–water partition coefficient (Wildman–Crippen LogP) is 2.16. The summed E-state index contributed by atoms with van der Waals surface area (Å²) in [7, 11) is 0.710. The molecule has 13 heteroatoms.